The fraction of sp³-hybridized carbons (Fsp3) is 0.462. The first-order chi connectivity index (χ1) is 17.9. The minimum Gasteiger partial charge on any atom is -0.492 e. The molecule has 2 fully saturated rings. The Kier molecular flexibility index (Phi) is 9.19. The van der Waals surface area contributed by atoms with Crippen LogP contribution in [-0.2, 0) is 4.79 Å². The van der Waals surface area contributed by atoms with E-state index in [1.54, 1.807) is 4.90 Å². The van der Waals surface area contributed by atoms with E-state index in [9.17, 15) is 19.7 Å². The highest BCUT2D eigenvalue weighted by Gasteiger charge is 2.26. The first-order valence-electron chi connectivity index (χ1n) is 12.5. The Morgan fingerprint density at radius 3 is 2.43 bits per heavy atom. The summed E-state index contributed by atoms with van der Waals surface area (Å²) in [5, 5.41) is 13.8. The molecule has 2 amide bonds. The lowest BCUT2D eigenvalue weighted by atomic mass is 9.88. The number of piperidine rings is 1. The van der Waals surface area contributed by atoms with Crippen molar-refractivity contribution < 1.29 is 24.0 Å². The molecule has 0 radical (unpaired) electrons. The normalized spacial score (nSPS) is 16.4. The Morgan fingerprint density at radius 2 is 1.76 bits per heavy atom. The van der Waals surface area contributed by atoms with E-state index in [0.717, 1.165) is 43.8 Å². The maximum atomic E-state index is 12.6. The molecule has 4 rings (SSSR count). The van der Waals surface area contributed by atoms with Crippen LogP contribution < -0.4 is 14.8 Å². The average molecular weight is 531 g/mol. The third-order valence-corrected chi connectivity index (χ3v) is 7.00. The summed E-state index contributed by atoms with van der Waals surface area (Å²) < 4.78 is 11.2. The summed E-state index contributed by atoms with van der Waals surface area (Å²) >= 11 is 6.24. The molecule has 0 spiro atoms. The SMILES string of the molecule is O=C(NCC(=O)N1CCC(c2ccc(Cl)cc2OCCN2CCCC2)CC1)Oc1ccc([N+](=O)[O-])cc1. The highest BCUT2D eigenvalue weighted by molar-refractivity contribution is 6.30. The van der Waals surface area contributed by atoms with Crippen molar-refractivity contribution in [3.8, 4) is 11.5 Å². The standard InChI is InChI=1S/C26H31ClN4O6/c27-20-3-8-23(24(17-20)36-16-15-29-11-1-2-12-29)19-9-13-30(14-10-19)25(32)18-28-26(33)37-22-6-4-21(5-7-22)31(34)35/h3-8,17,19H,1-2,9-16,18H2,(H,28,33). The van der Waals surface area contributed by atoms with Crippen LogP contribution in [0, 0.1) is 10.1 Å². The third-order valence-electron chi connectivity index (χ3n) is 6.77. The van der Waals surface area contributed by atoms with Crippen molar-refractivity contribution in [1.82, 2.24) is 15.1 Å². The lowest BCUT2D eigenvalue weighted by Crippen LogP contribution is -2.44. The van der Waals surface area contributed by atoms with Gasteiger partial charge in [-0.2, -0.15) is 0 Å². The molecule has 2 aromatic carbocycles. The molecule has 37 heavy (non-hydrogen) atoms. The zero-order valence-corrected chi connectivity index (χ0v) is 21.3. The molecular weight excluding hydrogens is 500 g/mol. The molecule has 0 unspecified atom stereocenters. The predicted octanol–water partition coefficient (Wildman–Crippen LogP) is 4.22. The van der Waals surface area contributed by atoms with Gasteiger partial charge in [-0.25, -0.2) is 4.79 Å². The zero-order chi connectivity index (χ0) is 26.2. The van der Waals surface area contributed by atoms with Gasteiger partial charge in [-0.05, 0) is 74.5 Å². The number of nitrogens with zero attached hydrogens (tertiary/aromatic N) is 3. The van der Waals surface area contributed by atoms with Gasteiger partial charge in [0.05, 0.1) is 4.92 Å². The van der Waals surface area contributed by atoms with E-state index in [4.69, 9.17) is 21.1 Å². The Morgan fingerprint density at radius 1 is 1.05 bits per heavy atom. The van der Waals surface area contributed by atoms with Crippen LogP contribution in [-0.4, -0.2) is 72.6 Å². The smallest absolute Gasteiger partial charge is 0.413 e. The van der Waals surface area contributed by atoms with Gasteiger partial charge in [0.1, 0.15) is 24.7 Å². The summed E-state index contributed by atoms with van der Waals surface area (Å²) in [6.45, 7) is 4.72. The van der Waals surface area contributed by atoms with Crippen LogP contribution in [0.3, 0.4) is 0 Å². The quantitative estimate of drug-likeness (QED) is 0.381. The number of likely N-dealkylation sites (tertiary alicyclic amines) is 2. The van der Waals surface area contributed by atoms with Gasteiger partial charge < -0.3 is 19.7 Å². The lowest BCUT2D eigenvalue weighted by molar-refractivity contribution is -0.384. The molecule has 0 atom stereocenters. The minimum absolute atomic E-state index is 0.106. The molecule has 1 N–H and O–H groups in total. The molecule has 0 saturated carbocycles. The van der Waals surface area contributed by atoms with Crippen LogP contribution in [0.2, 0.25) is 5.02 Å². The molecule has 0 aliphatic carbocycles. The molecule has 2 aromatic rings. The fourth-order valence-electron chi connectivity index (χ4n) is 4.74. The second-order valence-electron chi connectivity index (χ2n) is 9.23. The Hall–Kier alpha value is -3.37. The Labute approximate surface area is 220 Å². The molecule has 0 bridgehead atoms. The molecule has 2 aliphatic rings. The Balaban J connectivity index is 1.22. The van der Waals surface area contributed by atoms with Crippen molar-refractivity contribution in [1.29, 1.82) is 0 Å². The summed E-state index contributed by atoms with van der Waals surface area (Å²) in [5.41, 5.74) is 1.01. The number of nitro benzene ring substituents is 1. The Bertz CT molecular complexity index is 1100. The minimum atomic E-state index is -0.797. The van der Waals surface area contributed by atoms with E-state index in [-0.39, 0.29) is 29.8 Å². The first kappa shape index (κ1) is 26.7. The molecule has 2 aliphatic heterocycles. The van der Waals surface area contributed by atoms with Crippen LogP contribution >= 0.6 is 11.6 Å². The molecule has 2 heterocycles. The van der Waals surface area contributed by atoms with Crippen molar-refractivity contribution in [2.45, 2.75) is 31.6 Å². The second kappa shape index (κ2) is 12.7. The number of rotatable bonds is 9. The van der Waals surface area contributed by atoms with E-state index in [0.29, 0.717) is 24.7 Å². The van der Waals surface area contributed by atoms with E-state index < -0.39 is 11.0 Å². The first-order valence-corrected chi connectivity index (χ1v) is 12.9. The van der Waals surface area contributed by atoms with Gasteiger partial charge in [-0.1, -0.05) is 17.7 Å². The van der Waals surface area contributed by atoms with Gasteiger partial charge in [-0.15, -0.1) is 0 Å². The van der Waals surface area contributed by atoms with Gasteiger partial charge in [0.25, 0.3) is 5.69 Å². The molecule has 0 aromatic heterocycles. The summed E-state index contributed by atoms with van der Waals surface area (Å²) in [5.74, 6) is 1.02. The number of carbonyl (C=O) groups excluding carboxylic acids is 2. The second-order valence-corrected chi connectivity index (χ2v) is 9.66. The number of ether oxygens (including phenoxy) is 2. The lowest BCUT2D eigenvalue weighted by Gasteiger charge is -2.33. The molecular formula is C26H31ClN4O6. The number of nitrogens with one attached hydrogen (secondary N) is 1. The number of non-ortho nitro benzene ring substituents is 1. The molecule has 2 saturated heterocycles. The van der Waals surface area contributed by atoms with Crippen molar-refractivity contribution >= 4 is 29.3 Å². The maximum Gasteiger partial charge on any atom is 0.413 e. The highest BCUT2D eigenvalue weighted by Crippen LogP contribution is 2.36. The molecule has 198 valence electrons. The zero-order valence-electron chi connectivity index (χ0n) is 20.6. The topological polar surface area (TPSA) is 114 Å². The van der Waals surface area contributed by atoms with Crippen molar-refractivity contribution in [2.75, 3.05) is 45.9 Å². The number of carbonyl (C=O) groups is 2. The van der Waals surface area contributed by atoms with E-state index in [1.165, 1.54) is 37.1 Å². The van der Waals surface area contributed by atoms with Gasteiger partial charge >= 0.3 is 6.09 Å². The third kappa shape index (κ3) is 7.56. The maximum absolute atomic E-state index is 12.6. The van der Waals surface area contributed by atoms with Crippen molar-refractivity contribution in [3.63, 3.8) is 0 Å². The van der Waals surface area contributed by atoms with Gasteiger partial charge in [-0.3, -0.25) is 19.8 Å². The summed E-state index contributed by atoms with van der Waals surface area (Å²) in [4.78, 5) is 39.0. The highest BCUT2D eigenvalue weighted by atomic mass is 35.5. The molecule has 11 heteroatoms. The number of hydrogen-bond donors (Lipinski definition) is 1. The van der Waals surface area contributed by atoms with E-state index in [2.05, 4.69) is 10.2 Å². The fourth-order valence-corrected chi connectivity index (χ4v) is 4.90. The number of nitro groups is 1. The summed E-state index contributed by atoms with van der Waals surface area (Å²) in [6.07, 6.45) is 3.26. The molecule has 10 nitrogen and oxygen atoms in total. The largest absolute Gasteiger partial charge is 0.492 e. The van der Waals surface area contributed by atoms with Crippen LogP contribution in [0.1, 0.15) is 37.2 Å². The number of amides is 2. The van der Waals surface area contributed by atoms with E-state index >= 15 is 0 Å². The number of benzene rings is 2. The monoisotopic (exact) mass is 530 g/mol. The van der Waals surface area contributed by atoms with Crippen LogP contribution in [0.15, 0.2) is 42.5 Å². The predicted molar refractivity (Wildman–Crippen MR) is 138 cm³/mol. The van der Waals surface area contributed by atoms with Gasteiger partial charge in [0.2, 0.25) is 5.91 Å². The summed E-state index contributed by atoms with van der Waals surface area (Å²) in [6, 6.07) is 10.9. The van der Waals surface area contributed by atoms with Crippen molar-refractivity contribution in [3.05, 3.63) is 63.2 Å². The number of halogens is 1. The van der Waals surface area contributed by atoms with Gasteiger partial charge in [0.15, 0.2) is 0 Å². The van der Waals surface area contributed by atoms with Crippen LogP contribution in [0.5, 0.6) is 11.5 Å². The number of hydrogen-bond acceptors (Lipinski definition) is 7. The average Bonchev–Trinajstić information content (AvgIpc) is 3.41. The van der Waals surface area contributed by atoms with E-state index in [1.807, 2.05) is 18.2 Å². The summed E-state index contributed by atoms with van der Waals surface area (Å²) in [7, 11) is 0. The van der Waals surface area contributed by atoms with Crippen LogP contribution in [0.4, 0.5) is 10.5 Å². The van der Waals surface area contributed by atoms with Crippen LogP contribution in [0.25, 0.3) is 0 Å². The van der Waals surface area contributed by atoms with Gasteiger partial charge in [0, 0.05) is 36.8 Å². The van der Waals surface area contributed by atoms with Crippen molar-refractivity contribution in [2.24, 2.45) is 0 Å².